The maximum Gasteiger partial charge on any atom is 0.238 e. The monoisotopic (exact) mass is 280 g/mol. The van der Waals surface area contributed by atoms with Crippen LogP contribution < -0.4 is 5.32 Å². The van der Waals surface area contributed by atoms with E-state index in [0.29, 0.717) is 6.54 Å². The summed E-state index contributed by atoms with van der Waals surface area (Å²) in [4.78, 5) is 15.2. The van der Waals surface area contributed by atoms with Gasteiger partial charge in [0.15, 0.2) is 0 Å². The molecule has 1 atom stereocenters. The van der Waals surface area contributed by atoms with Crippen molar-refractivity contribution in [3.8, 4) is 0 Å². The molecule has 0 aliphatic carbocycles. The van der Waals surface area contributed by atoms with E-state index in [1.54, 1.807) is 11.8 Å². The molecule has 4 nitrogen and oxygen atoms in total. The molecule has 104 valence electrons. The summed E-state index contributed by atoms with van der Waals surface area (Å²) in [6.45, 7) is 1.38. The molecule has 1 aliphatic rings. The Balaban J connectivity index is 1.94. The molecule has 19 heavy (non-hydrogen) atoms. The Hall–Kier alpha value is -1.04. The molecule has 0 spiro atoms. The highest BCUT2D eigenvalue weighted by atomic mass is 32.2. The average molecular weight is 280 g/mol. The third kappa shape index (κ3) is 3.72. The highest BCUT2D eigenvalue weighted by Gasteiger charge is 2.25. The van der Waals surface area contributed by atoms with Crippen LogP contribution in [0.5, 0.6) is 0 Å². The van der Waals surface area contributed by atoms with Crippen molar-refractivity contribution in [2.45, 2.75) is 23.8 Å². The predicted octanol–water partition coefficient (Wildman–Crippen LogP) is 1.80. The first-order valence-corrected chi connectivity index (χ1v) is 7.75. The van der Waals surface area contributed by atoms with Crippen molar-refractivity contribution in [1.82, 2.24) is 4.90 Å². The summed E-state index contributed by atoms with van der Waals surface area (Å²) >= 11 is 1.62. The molecule has 2 rings (SSSR count). The number of anilines is 1. The van der Waals surface area contributed by atoms with E-state index in [9.17, 15) is 9.90 Å². The topological polar surface area (TPSA) is 52.6 Å². The number of carbonyl (C=O) groups is 1. The third-order valence-electron chi connectivity index (χ3n) is 3.44. The number of carbonyl (C=O) groups excluding carboxylic acids is 1. The van der Waals surface area contributed by atoms with Crippen LogP contribution in [-0.4, -0.2) is 47.9 Å². The van der Waals surface area contributed by atoms with Crippen LogP contribution >= 0.6 is 11.8 Å². The first kappa shape index (κ1) is 14.4. The highest BCUT2D eigenvalue weighted by molar-refractivity contribution is 7.98. The molecule has 5 heteroatoms. The van der Waals surface area contributed by atoms with Gasteiger partial charge in [0, 0.05) is 10.9 Å². The lowest BCUT2D eigenvalue weighted by atomic mass is 10.2. The number of hydrogen-bond acceptors (Lipinski definition) is 4. The second-order valence-electron chi connectivity index (χ2n) is 4.70. The fourth-order valence-corrected chi connectivity index (χ4v) is 2.99. The van der Waals surface area contributed by atoms with Gasteiger partial charge in [0.25, 0.3) is 0 Å². The number of para-hydroxylation sites is 1. The number of nitrogens with one attached hydrogen (secondary N) is 1. The lowest BCUT2D eigenvalue weighted by Crippen LogP contribution is -2.38. The van der Waals surface area contributed by atoms with Gasteiger partial charge in [-0.3, -0.25) is 9.69 Å². The minimum absolute atomic E-state index is 0.0122. The Morgan fingerprint density at radius 2 is 2.32 bits per heavy atom. The van der Waals surface area contributed by atoms with Gasteiger partial charge < -0.3 is 10.4 Å². The van der Waals surface area contributed by atoms with Crippen LogP contribution in [0.15, 0.2) is 29.2 Å². The SMILES string of the molecule is CSc1ccccc1NC(=O)CN1CCCC1CO. The normalized spacial score (nSPS) is 19.6. The van der Waals surface area contributed by atoms with Crippen molar-refractivity contribution in [1.29, 1.82) is 0 Å². The van der Waals surface area contributed by atoms with Crippen LogP contribution in [0.2, 0.25) is 0 Å². The Kier molecular flexibility index (Phi) is 5.24. The summed E-state index contributed by atoms with van der Waals surface area (Å²) in [5.74, 6) is -0.0122. The van der Waals surface area contributed by atoms with Gasteiger partial charge in [-0.25, -0.2) is 0 Å². The molecule has 0 radical (unpaired) electrons. The van der Waals surface area contributed by atoms with Gasteiger partial charge in [-0.05, 0) is 37.8 Å². The first-order valence-electron chi connectivity index (χ1n) is 6.52. The average Bonchev–Trinajstić information content (AvgIpc) is 2.86. The zero-order valence-electron chi connectivity index (χ0n) is 11.1. The Morgan fingerprint density at radius 1 is 1.53 bits per heavy atom. The molecule has 1 fully saturated rings. The molecule has 1 aromatic carbocycles. The molecule has 0 saturated carbocycles. The van der Waals surface area contributed by atoms with Gasteiger partial charge >= 0.3 is 0 Å². The van der Waals surface area contributed by atoms with E-state index in [-0.39, 0.29) is 18.6 Å². The smallest absolute Gasteiger partial charge is 0.238 e. The van der Waals surface area contributed by atoms with E-state index in [2.05, 4.69) is 10.2 Å². The van der Waals surface area contributed by atoms with Gasteiger partial charge in [-0.15, -0.1) is 11.8 Å². The second-order valence-corrected chi connectivity index (χ2v) is 5.55. The van der Waals surface area contributed by atoms with Crippen molar-refractivity contribution in [3.05, 3.63) is 24.3 Å². The van der Waals surface area contributed by atoms with E-state index in [0.717, 1.165) is 30.0 Å². The molecule has 0 aromatic heterocycles. The van der Waals surface area contributed by atoms with E-state index in [1.807, 2.05) is 30.5 Å². The van der Waals surface area contributed by atoms with Crippen molar-refractivity contribution < 1.29 is 9.90 Å². The molecule has 2 N–H and O–H groups in total. The van der Waals surface area contributed by atoms with Gasteiger partial charge in [0.2, 0.25) is 5.91 Å². The Morgan fingerprint density at radius 3 is 3.05 bits per heavy atom. The van der Waals surface area contributed by atoms with Crippen LogP contribution in [0, 0.1) is 0 Å². The standard InChI is InChI=1S/C14H20N2O2S/c1-19-13-7-3-2-6-12(13)15-14(18)9-16-8-4-5-11(16)10-17/h2-3,6-7,11,17H,4-5,8-10H2,1H3,(H,15,18). The summed E-state index contributed by atoms with van der Waals surface area (Å²) in [7, 11) is 0. The maximum absolute atomic E-state index is 12.1. The van der Waals surface area contributed by atoms with E-state index in [4.69, 9.17) is 0 Å². The lowest BCUT2D eigenvalue weighted by Gasteiger charge is -2.22. The molecule has 1 heterocycles. The van der Waals surface area contributed by atoms with Crippen molar-refractivity contribution in [2.75, 3.05) is 31.3 Å². The quantitative estimate of drug-likeness (QED) is 0.808. The summed E-state index contributed by atoms with van der Waals surface area (Å²) in [6.07, 6.45) is 4.03. The Bertz CT molecular complexity index is 439. The Labute approximate surface area is 118 Å². The predicted molar refractivity (Wildman–Crippen MR) is 78.5 cm³/mol. The summed E-state index contributed by atoms with van der Waals surface area (Å²) in [5, 5.41) is 12.2. The molecular weight excluding hydrogens is 260 g/mol. The zero-order valence-corrected chi connectivity index (χ0v) is 11.9. The molecule has 0 bridgehead atoms. The minimum Gasteiger partial charge on any atom is -0.395 e. The third-order valence-corrected chi connectivity index (χ3v) is 4.23. The second kappa shape index (κ2) is 6.93. The van der Waals surface area contributed by atoms with Crippen molar-refractivity contribution in [2.24, 2.45) is 0 Å². The van der Waals surface area contributed by atoms with E-state index < -0.39 is 0 Å². The van der Waals surface area contributed by atoms with E-state index >= 15 is 0 Å². The molecule has 1 aromatic rings. The van der Waals surface area contributed by atoms with Gasteiger partial charge in [0.05, 0.1) is 18.8 Å². The molecule has 1 amide bonds. The number of rotatable bonds is 5. The lowest BCUT2D eigenvalue weighted by molar-refractivity contribution is -0.117. The number of aliphatic hydroxyl groups is 1. The van der Waals surface area contributed by atoms with Crippen LogP contribution in [0.4, 0.5) is 5.69 Å². The summed E-state index contributed by atoms with van der Waals surface area (Å²) in [5.41, 5.74) is 0.861. The first-order chi connectivity index (χ1) is 9.24. The van der Waals surface area contributed by atoms with Gasteiger partial charge in [-0.1, -0.05) is 12.1 Å². The molecule has 1 aliphatic heterocycles. The number of amides is 1. The zero-order chi connectivity index (χ0) is 13.7. The number of hydrogen-bond donors (Lipinski definition) is 2. The van der Waals surface area contributed by atoms with Crippen molar-refractivity contribution >= 4 is 23.4 Å². The fraction of sp³-hybridized carbons (Fsp3) is 0.500. The number of benzene rings is 1. The largest absolute Gasteiger partial charge is 0.395 e. The van der Waals surface area contributed by atoms with Crippen molar-refractivity contribution in [3.63, 3.8) is 0 Å². The molecule has 1 saturated heterocycles. The minimum atomic E-state index is -0.0122. The van der Waals surface area contributed by atoms with Crippen LogP contribution in [0.3, 0.4) is 0 Å². The number of likely N-dealkylation sites (tertiary alicyclic amines) is 1. The number of nitrogens with zero attached hydrogens (tertiary/aromatic N) is 1. The van der Waals surface area contributed by atoms with Crippen LogP contribution in [-0.2, 0) is 4.79 Å². The summed E-state index contributed by atoms with van der Waals surface area (Å²) < 4.78 is 0. The van der Waals surface area contributed by atoms with E-state index in [1.165, 1.54) is 0 Å². The molecule has 1 unspecified atom stereocenters. The number of thioether (sulfide) groups is 1. The van der Waals surface area contributed by atoms with Crippen LogP contribution in [0.25, 0.3) is 0 Å². The van der Waals surface area contributed by atoms with Gasteiger partial charge in [-0.2, -0.15) is 0 Å². The van der Waals surface area contributed by atoms with Crippen LogP contribution in [0.1, 0.15) is 12.8 Å². The fourth-order valence-electron chi connectivity index (χ4n) is 2.43. The highest BCUT2D eigenvalue weighted by Crippen LogP contribution is 2.24. The van der Waals surface area contributed by atoms with Gasteiger partial charge in [0.1, 0.15) is 0 Å². The number of aliphatic hydroxyl groups excluding tert-OH is 1. The molecular formula is C14H20N2O2S. The maximum atomic E-state index is 12.1. The summed E-state index contributed by atoms with van der Waals surface area (Å²) in [6, 6.07) is 7.93.